The van der Waals surface area contributed by atoms with Crippen LogP contribution in [0.15, 0.2) is 23.0 Å². The zero-order valence-corrected chi connectivity index (χ0v) is 13.3. The number of aromatic nitrogens is 3. The minimum absolute atomic E-state index is 0.514. The number of aryl methyl sites for hydroxylation is 2. The summed E-state index contributed by atoms with van der Waals surface area (Å²) >= 11 is 0. The summed E-state index contributed by atoms with van der Waals surface area (Å²) in [7, 11) is 0. The first-order valence-electron chi connectivity index (χ1n) is 8.36. The maximum atomic E-state index is 5.18. The summed E-state index contributed by atoms with van der Waals surface area (Å²) in [5.74, 6) is 2.26. The van der Waals surface area contributed by atoms with Gasteiger partial charge in [-0.15, -0.1) is 10.2 Å². The van der Waals surface area contributed by atoms with Crippen LogP contribution in [-0.4, -0.2) is 32.8 Å². The second kappa shape index (κ2) is 5.54. The van der Waals surface area contributed by atoms with E-state index < -0.39 is 0 Å². The van der Waals surface area contributed by atoms with Crippen molar-refractivity contribution in [3.05, 3.63) is 35.8 Å². The zero-order valence-electron chi connectivity index (χ0n) is 13.3. The van der Waals surface area contributed by atoms with Gasteiger partial charge in [-0.2, -0.15) is 0 Å². The van der Waals surface area contributed by atoms with Gasteiger partial charge in [0, 0.05) is 25.1 Å². The van der Waals surface area contributed by atoms with E-state index in [-0.39, 0.29) is 0 Å². The Morgan fingerprint density at radius 2 is 1.95 bits per heavy atom. The molecule has 0 saturated carbocycles. The van der Waals surface area contributed by atoms with Crippen molar-refractivity contribution in [1.29, 1.82) is 0 Å². The third-order valence-electron chi connectivity index (χ3n) is 5.66. The van der Waals surface area contributed by atoms with Gasteiger partial charge in [-0.3, -0.25) is 4.90 Å². The maximum absolute atomic E-state index is 5.18. The standard InChI is InChI=1S/C17H24N4O/c1-14-18-19-16-2-4-17(7-10-21(14)16)5-8-20(9-6-17)12-15-3-11-22-13-15/h3,11,13H,2,4-10,12H2,1H3. The van der Waals surface area contributed by atoms with E-state index in [1.54, 1.807) is 6.26 Å². The number of rotatable bonds is 2. The van der Waals surface area contributed by atoms with Crippen LogP contribution in [0.5, 0.6) is 0 Å². The van der Waals surface area contributed by atoms with Crippen LogP contribution in [0.25, 0.3) is 0 Å². The monoisotopic (exact) mass is 300 g/mol. The molecule has 0 atom stereocenters. The minimum atomic E-state index is 0.514. The number of furan rings is 1. The fourth-order valence-corrected chi connectivity index (χ4v) is 4.08. The first-order chi connectivity index (χ1) is 10.7. The largest absolute Gasteiger partial charge is 0.472 e. The Bertz CT molecular complexity index is 623. The van der Waals surface area contributed by atoms with Crippen molar-refractivity contribution in [3.8, 4) is 0 Å². The van der Waals surface area contributed by atoms with E-state index in [0.29, 0.717) is 5.41 Å². The molecule has 1 fully saturated rings. The summed E-state index contributed by atoms with van der Waals surface area (Å²) in [6.45, 7) is 6.59. The van der Waals surface area contributed by atoms with Crippen molar-refractivity contribution in [2.75, 3.05) is 13.1 Å². The van der Waals surface area contributed by atoms with Crippen LogP contribution >= 0.6 is 0 Å². The van der Waals surface area contributed by atoms with Crippen LogP contribution in [0, 0.1) is 12.3 Å². The minimum Gasteiger partial charge on any atom is -0.472 e. The summed E-state index contributed by atoms with van der Waals surface area (Å²) in [6.07, 6.45) is 9.88. The van der Waals surface area contributed by atoms with Crippen LogP contribution < -0.4 is 0 Å². The van der Waals surface area contributed by atoms with E-state index in [0.717, 1.165) is 25.3 Å². The second-order valence-electron chi connectivity index (χ2n) is 6.97. The molecule has 1 saturated heterocycles. The van der Waals surface area contributed by atoms with Crippen molar-refractivity contribution in [1.82, 2.24) is 19.7 Å². The van der Waals surface area contributed by atoms with E-state index in [1.165, 1.54) is 50.2 Å². The molecule has 0 N–H and O–H groups in total. The molecule has 5 nitrogen and oxygen atoms in total. The molecule has 0 aliphatic carbocycles. The molecule has 2 aliphatic heterocycles. The maximum Gasteiger partial charge on any atom is 0.133 e. The SMILES string of the molecule is Cc1nnc2n1CCC1(CC2)CCN(Cc2ccoc2)CC1. The highest BCUT2D eigenvalue weighted by Gasteiger charge is 2.36. The van der Waals surface area contributed by atoms with Crippen LogP contribution in [0.4, 0.5) is 0 Å². The van der Waals surface area contributed by atoms with Gasteiger partial charge in [-0.25, -0.2) is 0 Å². The van der Waals surface area contributed by atoms with Gasteiger partial charge in [0.15, 0.2) is 0 Å². The Morgan fingerprint density at radius 1 is 1.14 bits per heavy atom. The lowest BCUT2D eigenvalue weighted by Crippen LogP contribution is -2.40. The predicted molar refractivity (Wildman–Crippen MR) is 83.3 cm³/mol. The number of hydrogen-bond acceptors (Lipinski definition) is 4. The molecule has 1 spiro atoms. The highest BCUT2D eigenvalue weighted by atomic mass is 16.3. The lowest BCUT2D eigenvalue weighted by atomic mass is 9.72. The van der Waals surface area contributed by atoms with Crippen molar-refractivity contribution < 1.29 is 4.42 Å². The van der Waals surface area contributed by atoms with Gasteiger partial charge in [0.2, 0.25) is 0 Å². The summed E-state index contributed by atoms with van der Waals surface area (Å²) in [5, 5.41) is 8.57. The number of likely N-dealkylation sites (tertiary alicyclic amines) is 1. The summed E-state index contributed by atoms with van der Waals surface area (Å²) in [4.78, 5) is 2.56. The molecule has 0 bridgehead atoms. The van der Waals surface area contributed by atoms with Gasteiger partial charge < -0.3 is 8.98 Å². The van der Waals surface area contributed by atoms with E-state index >= 15 is 0 Å². The van der Waals surface area contributed by atoms with Crippen LogP contribution in [0.2, 0.25) is 0 Å². The summed E-state index contributed by atoms with van der Waals surface area (Å²) in [6, 6.07) is 2.07. The molecule has 22 heavy (non-hydrogen) atoms. The van der Waals surface area contributed by atoms with E-state index in [2.05, 4.69) is 32.7 Å². The first-order valence-corrected chi connectivity index (χ1v) is 8.36. The molecule has 4 heterocycles. The van der Waals surface area contributed by atoms with Crippen molar-refractivity contribution in [2.24, 2.45) is 5.41 Å². The number of piperidine rings is 1. The van der Waals surface area contributed by atoms with Crippen molar-refractivity contribution in [2.45, 2.75) is 52.1 Å². The van der Waals surface area contributed by atoms with E-state index in [9.17, 15) is 0 Å². The highest BCUT2D eigenvalue weighted by Crippen LogP contribution is 2.41. The van der Waals surface area contributed by atoms with Crippen LogP contribution in [-0.2, 0) is 19.5 Å². The van der Waals surface area contributed by atoms with Gasteiger partial charge in [0.05, 0.1) is 12.5 Å². The molecule has 2 aliphatic rings. The molecule has 0 unspecified atom stereocenters. The normalized spacial score (nSPS) is 21.7. The topological polar surface area (TPSA) is 47.1 Å². The smallest absolute Gasteiger partial charge is 0.133 e. The molecule has 5 heteroatoms. The highest BCUT2D eigenvalue weighted by molar-refractivity contribution is 5.06. The summed E-state index contributed by atoms with van der Waals surface area (Å²) < 4.78 is 7.50. The van der Waals surface area contributed by atoms with Gasteiger partial charge in [-0.1, -0.05) is 0 Å². The van der Waals surface area contributed by atoms with Crippen molar-refractivity contribution >= 4 is 0 Å². The first kappa shape index (κ1) is 14.0. The fourth-order valence-electron chi connectivity index (χ4n) is 4.08. The Hall–Kier alpha value is -1.62. The molecular formula is C17H24N4O. The van der Waals surface area contributed by atoms with Crippen LogP contribution in [0.1, 0.15) is 42.9 Å². The number of fused-ring (bicyclic) bond motifs is 1. The quantitative estimate of drug-likeness (QED) is 0.855. The van der Waals surface area contributed by atoms with Crippen molar-refractivity contribution in [3.63, 3.8) is 0 Å². The third-order valence-corrected chi connectivity index (χ3v) is 5.66. The molecule has 0 radical (unpaired) electrons. The number of nitrogens with zero attached hydrogens (tertiary/aromatic N) is 4. The number of hydrogen-bond donors (Lipinski definition) is 0. The molecule has 0 aromatic carbocycles. The Kier molecular flexibility index (Phi) is 3.53. The van der Waals surface area contributed by atoms with Gasteiger partial charge in [-0.05, 0) is 57.2 Å². The molecule has 2 aromatic rings. The average Bonchev–Trinajstić information content (AvgIpc) is 3.12. The molecule has 4 rings (SSSR count). The van der Waals surface area contributed by atoms with Gasteiger partial charge in [0.1, 0.15) is 11.6 Å². The summed E-state index contributed by atoms with van der Waals surface area (Å²) in [5.41, 5.74) is 1.80. The molecule has 2 aromatic heterocycles. The third kappa shape index (κ3) is 2.58. The fraction of sp³-hybridized carbons (Fsp3) is 0.647. The lowest BCUT2D eigenvalue weighted by Gasteiger charge is -2.41. The second-order valence-corrected chi connectivity index (χ2v) is 6.97. The zero-order chi connectivity index (χ0) is 15.0. The van der Waals surface area contributed by atoms with E-state index in [4.69, 9.17) is 4.42 Å². The van der Waals surface area contributed by atoms with Gasteiger partial charge in [0.25, 0.3) is 0 Å². The molecular weight excluding hydrogens is 276 g/mol. The lowest BCUT2D eigenvalue weighted by molar-refractivity contribution is 0.0825. The Morgan fingerprint density at radius 3 is 2.73 bits per heavy atom. The van der Waals surface area contributed by atoms with E-state index in [1.807, 2.05) is 6.26 Å². The van der Waals surface area contributed by atoms with Gasteiger partial charge >= 0.3 is 0 Å². The average molecular weight is 300 g/mol. The molecule has 0 amide bonds. The predicted octanol–water partition coefficient (Wildman–Crippen LogP) is 2.80. The van der Waals surface area contributed by atoms with Crippen LogP contribution in [0.3, 0.4) is 0 Å². The Labute approximate surface area is 131 Å². The molecule has 118 valence electrons. The Balaban J connectivity index is 1.38.